The molecule has 0 bridgehead atoms. The zero-order valence-corrected chi connectivity index (χ0v) is 13.0. The lowest BCUT2D eigenvalue weighted by molar-refractivity contribution is 0.336. The van der Waals surface area contributed by atoms with Crippen molar-refractivity contribution < 1.29 is 0 Å². The van der Waals surface area contributed by atoms with Gasteiger partial charge in [-0.25, -0.2) is 0 Å². The Balaban J connectivity index is 2.37. The van der Waals surface area contributed by atoms with E-state index in [4.69, 9.17) is 11.1 Å². The molecule has 2 unspecified atom stereocenters. The molecule has 0 aromatic carbocycles. The number of rotatable bonds is 3. The van der Waals surface area contributed by atoms with Gasteiger partial charge in [0.1, 0.15) is 5.84 Å². The topological polar surface area (TPSA) is 66.0 Å². The van der Waals surface area contributed by atoms with Crippen LogP contribution in [0.5, 0.6) is 0 Å². The van der Waals surface area contributed by atoms with Gasteiger partial charge in [-0.3, -0.25) is 10.4 Å². The minimum atomic E-state index is 0.112. The van der Waals surface area contributed by atoms with Gasteiger partial charge in [-0.05, 0) is 38.7 Å². The summed E-state index contributed by atoms with van der Waals surface area (Å²) in [7, 11) is 2.13. The molecule has 1 fully saturated rings. The summed E-state index contributed by atoms with van der Waals surface area (Å²) >= 11 is 0. The van der Waals surface area contributed by atoms with Gasteiger partial charge < -0.3 is 10.6 Å². The molecule has 0 aliphatic heterocycles. The zero-order valence-electron chi connectivity index (χ0n) is 13.0. The summed E-state index contributed by atoms with van der Waals surface area (Å²) in [6.45, 7) is 6.26. The molecular formula is C16H26N4. The molecule has 1 heterocycles. The van der Waals surface area contributed by atoms with Crippen LogP contribution in [0.4, 0.5) is 5.69 Å². The summed E-state index contributed by atoms with van der Waals surface area (Å²) < 4.78 is 0. The van der Waals surface area contributed by atoms with Gasteiger partial charge in [0.25, 0.3) is 0 Å². The number of aromatic nitrogens is 1. The second-order valence-electron chi connectivity index (χ2n) is 6.19. The first kappa shape index (κ1) is 14.8. The molecule has 0 radical (unpaired) electrons. The number of pyridine rings is 1. The Morgan fingerprint density at radius 1 is 1.40 bits per heavy atom. The Hall–Kier alpha value is -1.58. The van der Waals surface area contributed by atoms with Crippen molar-refractivity contribution in [1.29, 1.82) is 5.41 Å². The number of nitrogens with zero attached hydrogens (tertiary/aromatic N) is 2. The van der Waals surface area contributed by atoms with Crippen LogP contribution < -0.4 is 10.6 Å². The molecule has 4 heteroatoms. The second kappa shape index (κ2) is 5.81. The van der Waals surface area contributed by atoms with Gasteiger partial charge in [-0.2, -0.15) is 0 Å². The molecule has 110 valence electrons. The summed E-state index contributed by atoms with van der Waals surface area (Å²) in [5.41, 5.74) is 9.46. The van der Waals surface area contributed by atoms with Crippen LogP contribution in [0.15, 0.2) is 6.07 Å². The molecule has 1 aliphatic rings. The Labute approximate surface area is 121 Å². The first-order valence-electron chi connectivity index (χ1n) is 7.45. The number of nitrogens with two attached hydrogens (primary N) is 1. The highest BCUT2D eigenvalue weighted by Crippen LogP contribution is 2.32. The molecule has 1 saturated carbocycles. The van der Waals surface area contributed by atoms with E-state index in [0.29, 0.717) is 6.04 Å². The molecule has 2 atom stereocenters. The summed E-state index contributed by atoms with van der Waals surface area (Å²) in [6.07, 6.45) is 5.06. The van der Waals surface area contributed by atoms with Crippen LogP contribution in [0.3, 0.4) is 0 Å². The normalized spacial score (nSPS) is 22.6. The third-order valence-corrected chi connectivity index (χ3v) is 4.41. The highest BCUT2D eigenvalue weighted by atomic mass is 15.1. The smallest absolute Gasteiger partial charge is 0.126 e. The predicted octanol–water partition coefficient (Wildman–Crippen LogP) is 3.00. The van der Waals surface area contributed by atoms with E-state index < -0.39 is 0 Å². The Morgan fingerprint density at radius 3 is 2.70 bits per heavy atom. The van der Waals surface area contributed by atoms with E-state index in [2.05, 4.69) is 29.9 Å². The number of nitrogen functional groups attached to an aromatic ring is 1. The standard InChI is InChI=1S/C16H26N4/c1-10-6-5-7-13(8-10)20(4)14-9-11(2)19-12(3)15(14)16(17)18/h9-10,13H,5-8H2,1-4H3,(H3,17,18). The molecule has 1 aliphatic carbocycles. The fourth-order valence-corrected chi connectivity index (χ4v) is 3.37. The maximum absolute atomic E-state index is 7.85. The van der Waals surface area contributed by atoms with E-state index in [9.17, 15) is 0 Å². The third kappa shape index (κ3) is 2.94. The largest absolute Gasteiger partial charge is 0.384 e. The number of aryl methyl sites for hydroxylation is 2. The fraction of sp³-hybridized carbons (Fsp3) is 0.625. The maximum atomic E-state index is 7.85. The molecule has 1 aromatic heterocycles. The van der Waals surface area contributed by atoms with Gasteiger partial charge in [0, 0.05) is 18.8 Å². The molecule has 4 nitrogen and oxygen atoms in total. The van der Waals surface area contributed by atoms with Crippen LogP contribution in [0, 0.1) is 25.2 Å². The van der Waals surface area contributed by atoms with Gasteiger partial charge in [0.2, 0.25) is 0 Å². The van der Waals surface area contributed by atoms with E-state index in [-0.39, 0.29) is 5.84 Å². The zero-order chi connectivity index (χ0) is 14.9. The van der Waals surface area contributed by atoms with Crippen LogP contribution in [0.25, 0.3) is 0 Å². The molecule has 2 rings (SSSR count). The first-order chi connectivity index (χ1) is 9.40. The minimum Gasteiger partial charge on any atom is -0.384 e. The number of amidine groups is 1. The van der Waals surface area contributed by atoms with Gasteiger partial charge in [0.05, 0.1) is 16.9 Å². The highest BCUT2D eigenvalue weighted by molar-refractivity contribution is 6.01. The monoisotopic (exact) mass is 274 g/mol. The molecule has 3 N–H and O–H groups in total. The first-order valence-corrected chi connectivity index (χ1v) is 7.45. The predicted molar refractivity (Wildman–Crippen MR) is 84.6 cm³/mol. The number of hydrogen-bond donors (Lipinski definition) is 2. The van der Waals surface area contributed by atoms with Crippen LogP contribution >= 0.6 is 0 Å². The van der Waals surface area contributed by atoms with Crippen molar-refractivity contribution in [3.8, 4) is 0 Å². The lowest BCUT2D eigenvalue weighted by atomic mass is 9.86. The molecule has 1 aromatic rings. The van der Waals surface area contributed by atoms with Crippen LogP contribution in [-0.2, 0) is 0 Å². The minimum absolute atomic E-state index is 0.112. The Bertz CT molecular complexity index is 509. The van der Waals surface area contributed by atoms with Crippen LogP contribution in [-0.4, -0.2) is 23.9 Å². The van der Waals surface area contributed by atoms with E-state index in [1.54, 1.807) is 0 Å². The second-order valence-corrected chi connectivity index (χ2v) is 6.19. The summed E-state index contributed by atoms with van der Waals surface area (Å²) in [4.78, 5) is 6.76. The SMILES string of the molecule is Cc1cc(N(C)C2CCCC(C)C2)c(C(=N)N)c(C)n1. The van der Waals surface area contributed by atoms with Gasteiger partial charge in [-0.1, -0.05) is 19.8 Å². The molecule has 20 heavy (non-hydrogen) atoms. The number of nitrogens with one attached hydrogen (secondary N) is 1. The van der Waals surface area contributed by atoms with E-state index >= 15 is 0 Å². The van der Waals surface area contributed by atoms with Gasteiger partial charge in [-0.15, -0.1) is 0 Å². The molecule has 0 amide bonds. The molecular weight excluding hydrogens is 248 g/mol. The van der Waals surface area contributed by atoms with Crippen molar-refractivity contribution in [2.24, 2.45) is 11.7 Å². The number of anilines is 1. The van der Waals surface area contributed by atoms with E-state index in [1.165, 1.54) is 25.7 Å². The fourth-order valence-electron chi connectivity index (χ4n) is 3.37. The quantitative estimate of drug-likeness (QED) is 0.658. The van der Waals surface area contributed by atoms with Crippen molar-refractivity contribution in [3.05, 3.63) is 23.0 Å². The van der Waals surface area contributed by atoms with Crippen LogP contribution in [0.2, 0.25) is 0 Å². The average molecular weight is 274 g/mol. The van der Waals surface area contributed by atoms with Crippen LogP contribution in [0.1, 0.15) is 49.6 Å². The van der Waals surface area contributed by atoms with Crippen molar-refractivity contribution in [2.75, 3.05) is 11.9 Å². The number of hydrogen-bond acceptors (Lipinski definition) is 3. The Morgan fingerprint density at radius 2 is 2.10 bits per heavy atom. The van der Waals surface area contributed by atoms with Crippen molar-refractivity contribution >= 4 is 11.5 Å². The van der Waals surface area contributed by atoms with Gasteiger partial charge in [0.15, 0.2) is 0 Å². The lowest BCUT2D eigenvalue weighted by Gasteiger charge is -2.36. The Kier molecular flexibility index (Phi) is 4.31. The van der Waals surface area contributed by atoms with E-state index in [0.717, 1.165) is 28.6 Å². The average Bonchev–Trinajstić information content (AvgIpc) is 2.36. The summed E-state index contributed by atoms with van der Waals surface area (Å²) in [5, 5.41) is 7.85. The third-order valence-electron chi connectivity index (χ3n) is 4.41. The highest BCUT2D eigenvalue weighted by Gasteiger charge is 2.25. The van der Waals surface area contributed by atoms with Crippen molar-refractivity contribution in [1.82, 2.24) is 4.98 Å². The molecule has 0 saturated heterocycles. The van der Waals surface area contributed by atoms with Gasteiger partial charge >= 0.3 is 0 Å². The summed E-state index contributed by atoms with van der Waals surface area (Å²) in [5.74, 6) is 0.890. The lowest BCUT2D eigenvalue weighted by Crippen LogP contribution is -2.37. The molecule has 0 spiro atoms. The van der Waals surface area contributed by atoms with E-state index in [1.807, 2.05) is 13.8 Å². The van der Waals surface area contributed by atoms with Crippen molar-refractivity contribution in [3.63, 3.8) is 0 Å². The summed E-state index contributed by atoms with van der Waals surface area (Å²) in [6, 6.07) is 2.60. The van der Waals surface area contributed by atoms with Crippen molar-refractivity contribution in [2.45, 2.75) is 52.5 Å². The maximum Gasteiger partial charge on any atom is 0.126 e.